The molecule has 144 valence electrons. The van der Waals surface area contributed by atoms with Crippen molar-refractivity contribution in [1.82, 2.24) is 9.88 Å². The number of anilines is 1. The molecule has 1 aliphatic heterocycles. The molecule has 0 unspecified atom stereocenters. The largest absolute Gasteiger partial charge is 0.454 e. The van der Waals surface area contributed by atoms with Gasteiger partial charge in [-0.05, 0) is 25.7 Å². The summed E-state index contributed by atoms with van der Waals surface area (Å²) in [5, 5.41) is 0.670. The summed E-state index contributed by atoms with van der Waals surface area (Å²) in [6.45, 7) is 1.53. The van der Waals surface area contributed by atoms with E-state index in [2.05, 4.69) is 4.98 Å². The number of nitrogens with zero attached hydrogens (tertiary/aromatic N) is 3. The zero-order chi connectivity index (χ0) is 19.5. The maximum atomic E-state index is 12.9. The van der Waals surface area contributed by atoms with E-state index in [0.29, 0.717) is 17.4 Å². The van der Waals surface area contributed by atoms with Gasteiger partial charge in [-0.15, -0.1) is 0 Å². The Morgan fingerprint density at radius 3 is 2.64 bits per heavy atom. The minimum Gasteiger partial charge on any atom is -0.454 e. The van der Waals surface area contributed by atoms with Gasteiger partial charge in [0, 0.05) is 31.3 Å². The van der Waals surface area contributed by atoms with Crippen molar-refractivity contribution >= 4 is 38.7 Å². The third-order valence-electron chi connectivity index (χ3n) is 4.36. The third kappa shape index (κ3) is 4.00. The first-order valence-corrected chi connectivity index (χ1v) is 9.81. The summed E-state index contributed by atoms with van der Waals surface area (Å²) in [5.74, 6) is 1.32. The van der Waals surface area contributed by atoms with Crippen molar-refractivity contribution in [2.45, 2.75) is 0 Å². The highest BCUT2D eigenvalue weighted by Gasteiger charge is 2.21. The Kier molecular flexibility index (Phi) is 5.27. The summed E-state index contributed by atoms with van der Waals surface area (Å²) in [4.78, 5) is 21.4. The number of amides is 1. The summed E-state index contributed by atoms with van der Waals surface area (Å²) in [6.07, 6.45) is 3.43. The zero-order valence-electron chi connectivity index (χ0n) is 15.8. The number of benzene rings is 2. The number of likely N-dealkylation sites (N-methyl/N-ethyl adjacent to an activating group) is 1. The maximum absolute atomic E-state index is 12.9. The first-order valence-electron chi connectivity index (χ1n) is 9.00. The number of hydrogen-bond acceptors (Lipinski definition) is 6. The molecule has 0 spiro atoms. The number of thiazole rings is 1. The van der Waals surface area contributed by atoms with Gasteiger partial charge in [0.25, 0.3) is 5.91 Å². The molecule has 4 rings (SSSR count). The van der Waals surface area contributed by atoms with Crippen LogP contribution in [0, 0.1) is 0 Å². The van der Waals surface area contributed by atoms with E-state index in [9.17, 15) is 4.79 Å². The molecule has 0 saturated carbocycles. The monoisotopic (exact) mass is 395 g/mol. The molecule has 2 heterocycles. The van der Waals surface area contributed by atoms with Gasteiger partial charge in [0.1, 0.15) is 0 Å². The molecule has 0 saturated heterocycles. The molecule has 2 aromatic carbocycles. The number of rotatable bonds is 6. The Hall–Kier alpha value is -2.90. The van der Waals surface area contributed by atoms with Gasteiger partial charge in [-0.25, -0.2) is 4.98 Å². The van der Waals surface area contributed by atoms with Crippen LogP contribution < -0.4 is 14.4 Å². The summed E-state index contributed by atoms with van der Waals surface area (Å²) in [5.41, 5.74) is 1.79. The molecule has 3 aromatic rings. The lowest BCUT2D eigenvalue weighted by atomic mass is 10.2. The van der Waals surface area contributed by atoms with E-state index in [4.69, 9.17) is 9.47 Å². The molecule has 0 bridgehead atoms. The highest BCUT2D eigenvalue weighted by molar-refractivity contribution is 7.22. The van der Waals surface area contributed by atoms with Crippen LogP contribution in [0.5, 0.6) is 11.5 Å². The number of hydrogen-bond donors (Lipinski definition) is 0. The fourth-order valence-corrected chi connectivity index (χ4v) is 3.85. The first-order chi connectivity index (χ1) is 13.6. The molecule has 0 fully saturated rings. The van der Waals surface area contributed by atoms with Gasteiger partial charge in [-0.3, -0.25) is 9.69 Å². The summed E-state index contributed by atoms with van der Waals surface area (Å²) >= 11 is 1.48. The molecule has 1 amide bonds. The van der Waals surface area contributed by atoms with Crippen LogP contribution in [0.3, 0.4) is 0 Å². The van der Waals surface area contributed by atoms with E-state index in [-0.39, 0.29) is 12.7 Å². The lowest BCUT2D eigenvalue weighted by Gasteiger charge is -2.20. The van der Waals surface area contributed by atoms with Crippen molar-refractivity contribution in [2.24, 2.45) is 0 Å². The van der Waals surface area contributed by atoms with E-state index in [1.807, 2.05) is 67.5 Å². The van der Waals surface area contributed by atoms with Crippen LogP contribution in [-0.2, 0) is 4.79 Å². The topological polar surface area (TPSA) is 54.9 Å². The van der Waals surface area contributed by atoms with Crippen molar-refractivity contribution in [3.05, 3.63) is 54.1 Å². The number of aromatic nitrogens is 1. The highest BCUT2D eigenvalue weighted by Crippen LogP contribution is 2.39. The van der Waals surface area contributed by atoms with Crippen molar-refractivity contribution in [2.75, 3.05) is 38.9 Å². The Morgan fingerprint density at radius 1 is 1.14 bits per heavy atom. The van der Waals surface area contributed by atoms with Gasteiger partial charge < -0.3 is 14.4 Å². The Balaban J connectivity index is 1.62. The molecule has 0 N–H and O–H groups in total. The fraction of sp³-hybridized carbons (Fsp3) is 0.238. The van der Waals surface area contributed by atoms with Crippen LogP contribution >= 0.6 is 11.3 Å². The van der Waals surface area contributed by atoms with Crippen molar-refractivity contribution in [3.8, 4) is 11.5 Å². The Labute approximate surface area is 167 Å². The van der Waals surface area contributed by atoms with Crippen LogP contribution in [0.4, 0.5) is 5.13 Å². The van der Waals surface area contributed by atoms with E-state index in [1.165, 1.54) is 11.3 Å². The Morgan fingerprint density at radius 2 is 1.89 bits per heavy atom. The number of carbonyl (C=O) groups excluding carboxylic acids is 1. The van der Waals surface area contributed by atoms with Gasteiger partial charge in [0.2, 0.25) is 6.79 Å². The summed E-state index contributed by atoms with van der Waals surface area (Å²) in [7, 11) is 3.97. The van der Waals surface area contributed by atoms with Crippen molar-refractivity contribution < 1.29 is 14.3 Å². The zero-order valence-corrected chi connectivity index (χ0v) is 16.6. The SMILES string of the molecule is CN(C)CCN(C(=O)C=Cc1ccccc1)c1nc2cc3c(cc2s1)OCO3. The predicted octanol–water partition coefficient (Wildman–Crippen LogP) is 3.63. The lowest BCUT2D eigenvalue weighted by Crippen LogP contribution is -2.35. The average Bonchev–Trinajstić information content (AvgIpc) is 3.30. The smallest absolute Gasteiger partial charge is 0.252 e. The molecule has 1 aromatic heterocycles. The normalized spacial score (nSPS) is 13.0. The predicted molar refractivity (Wildman–Crippen MR) is 112 cm³/mol. The van der Waals surface area contributed by atoms with Crippen LogP contribution in [-0.4, -0.2) is 49.8 Å². The molecule has 6 nitrogen and oxygen atoms in total. The second kappa shape index (κ2) is 8.00. The van der Waals surface area contributed by atoms with E-state index in [0.717, 1.165) is 28.1 Å². The molecule has 0 radical (unpaired) electrons. The number of fused-ring (bicyclic) bond motifs is 2. The van der Waals surface area contributed by atoms with E-state index in [1.54, 1.807) is 11.0 Å². The molecule has 1 aliphatic rings. The second-order valence-electron chi connectivity index (χ2n) is 6.71. The first kappa shape index (κ1) is 18.5. The lowest BCUT2D eigenvalue weighted by molar-refractivity contribution is -0.114. The minimum atomic E-state index is -0.0928. The van der Waals surface area contributed by atoms with Crippen LogP contribution in [0.15, 0.2) is 48.5 Å². The second-order valence-corrected chi connectivity index (χ2v) is 7.72. The minimum absolute atomic E-state index is 0.0928. The van der Waals surface area contributed by atoms with Crippen LogP contribution in [0.25, 0.3) is 16.3 Å². The average molecular weight is 395 g/mol. The molecular formula is C21H21N3O3S. The van der Waals surface area contributed by atoms with Gasteiger partial charge in [-0.2, -0.15) is 0 Å². The van der Waals surface area contributed by atoms with Gasteiger partial charge in [-0.1, -0.05) is 41.7 Å². The third-order valence-corrected chi connectivity index (χ3v) is 5.40. The summed E-state index contributed by atoms with van der Waals surface area (Å²) < 4.78 is 11.8. The van der Waals surface area contributed by atoms with Gasteiger partial charge >= 0.3 is 0 Å². The fourth-order valence-electron chi connectivity index (χ4n) is 2.84. The molecule has 0 atom stereocenters. The molecular weight excluding hydrogens is 374 g/mol. The van der Waals surface area contributed by atoms with Gasteiger partial charge in [0.05, 0.1) is 10.2 Å². The van der Waals surface area contributed by atoms with Crippen LogP contribution in [0.2, 0.25) is 0 Å². The number of carbonyl (C=O) groups is 1. The maximum Gasteiger partial charge on any atom is 0.252 e. The van der Waals surface area contributed by atoms with E-state index >= 15 is 0 Å². The molecule has 7 heteroatoms. The van der Waals surface area contributed by atoms with Gasteiger partial charge in [0.15, 0.2) is 16.6 Å². The Bertz CT molecular complexity index is 973. The van der Waals surface area contributed by atoms with Crippen molar-refractivity contribution in [3.63, 3.8) is 0 Å². The summed E-state index contributed by atoms with van der Waals surface area (Å²) in [6, 6.07) is 13.6. The number of ether oxygens (including phenoxy) is 2. The van der Waals surface area contributed by atoms with Crippen LogP contribution in [0.1, 0.15) is 5.56 Å². The quantitative estimate of drug-likeness (QED) is 0.597. The molecule has 0 aliphatic carbocycles. The van der Waals surface area contributed by atoms with Crippen molar-refractivity contribution in [1.29, 1.82) is 0 Å². The van der Waals surface area contributed by atoms with E-state index < -0.39 is 0 Å². The molecule has 28 heavy (non-hydrogen) atoms. The highest BCUT2D eigenvalue weighted by atomic mass is 32.1. The standard InChI is InChI=1S/C21H21N3O3S/c1-23(2)10-11-24(20(25)9-8-15-6-4-3-5-7-15)21-22-16-12-17-18(27-14-26-17)13-19(16)28-21/h3-9,12-13H,10-11,14H2,1-2H3.